The zero-order valence-corrected chi connectivity index (χ0v) is 16.1. The number of fused-ring (bicyclic) bond motifs is 2. The van der Waals surface area contributed by atoms with Gasteiger partial charge < -0.3 is 9.32 Å². The van der Waals surface area contributed by atoms with Gasteiger partial charge in [-0.3, -0.25) is 4.79 Å². The van der Waals surface area contributed by atoms with Gasteiger partial charge in [-0.25, -0.2) is 9.97 Å². The second-order valence-electron chi connectivity index (χ2n) is 7.00. The summed E-state index contributed by atoms with van der Waals surface area (Å²) in [7, 11) is 0. The highest BCUT2D eigenvalue weighted by atomic mass is 32.1. The lowest BCUT2D eigenvalue weighted by atomic mass is 9.98. The third kappa shape index (κ3) is 3.31. The van der Waals surface area contributed by atoms with Gasteiger partial charge in [-0.05, 0) is 37.1 Å². The molecule has 1 saturated heterocycles. The summed E-state index contributed by atoms with van der Waals surface area (Å²) in [4.78, 5) is 23.8. The van der Waals surface area contributed by atoms with E-state index in [1.807, 2.05) is 47.4 Å². The molecule has 0 aliphatic carbocycles. The van der Waals surface area contributed by atoms with Gasteiger partial charge >= 0.3 is 0 Å². The van der Waals surface area contributed by atoms with Crippen LogP contribution in [0.15, 0.2) is 59.0 Å². The van der Waals surface area contributed by atoms with Gasteiger partial charge in [-0.15, -0.1) is 11.3 Å². The van der Waals surface area contributed by atoms with Crippen molar-refractivity contribution in [2.75, 3.05) is 13.1 Å². The van der Waals surface area contributed by atoms with Gasteiger partial charge in [0.05, 0.1) is 15.2 Å². The van der Waals surface area contributed by atoms with Crippen LogP contribution in [0.1, 0.15) is 29.7 Å². The lowest BCUT2D eigenvalue weighted by molar-refractivity contribution is -0.127. The lowest BCUT2D eigenvalue weighted by Crippen LogP contribution is -2.38. The summed E-state index contributed by atoms with van der Waals surface area (Å²) in [6.45, 7) is 1.48. The van der Waals surface area contributed by atoms with E-state index in [1.165, 1.54) is 4.70 Å². The Hall–Kier alpha value is -2.99. The van der Waals surface area contributed by atoms with E-state index >= 15 is 0 Å². The molecule has 3 heterocycles. The normalized spacial score (nSPS) is 17.7. The number of piperidine rings is 1. The fourth-order valence-corrected chi connectivity index (χ4v) is 4.75. The lowest BCUT2D eigenvalue weighted by Gasteiger charge is -2.31. The SMILES string of the molecule is O=C(C=Cc1nc2ccccc2o1)N1CCCC(c2nc3ccccc3s2)C1. The first-order valence-electron chi connectivity index (χ1n) is 9.44. The predicted octanol–water partition coefficient (Wildman–Crippen LogP) is 4.86. The molecule has 0 saturated carbocycles. The average Bonchev–Trinajstić information content (AvgIpc) is 3.35. The molecule has 5 nitrogen and oxygen atoms in total. The zero-order valence-electron chi connectivity index (χ0n) is 15.2. The number of para-hydroxylation sites is 3. The molecule has 5 rings (SSSR count). The van der Waals surface area contributed by atoms with Crippen molar-refractivity contribution in [2.45, 2.75) is 18.8 Å². The molecule has 1 unspecified atom stereocenters. The van der Waals surface area contributed by atoms with Crippen molar-refractivity contribution >= 4 is 44.6 Å². The number of carbonyl (C=O) groups excluding carboxylic acids is 1. The van der Waals surface area contributed by atoms with Crippen molar-refractivity contribution in [1.29, 1.82) is 0 Å². The van der Waals surface area contributed by atoms with Gasteiger partial charge in [0.1, 0.15) is 5.52 Å². The smallest absolute Gasteiger partial charge is 0.246 e. The standard InChI is InChI=1S/C22H19N3O2S/c26-21(12-11-20-23-16-7-1-3-9-18(16)27-20)25-13-5-6-15(14-25)22-24-17-8-2-4-10-19(17)28-22/h1-4,7-12,15H,5-6,13-14H2. The number of thiazole rings is 1. The fraction of sp³-hybridized carbons (Fsp3) is 0.227. The number of oxazole rings is 1. The maximum atomic E-state index is 12.7. The molecule has 28 heavy (non-hydrogen) atoms. The zero-order chi connectivity index (χ0) is 18.9. The Morgan fingerprint density at radius 3 is 2.79 bits per heavy atom. The summed E-state index contributed by atoms with van der Waals surface area (Å²) in [6.07, 6.45) is 5.27. The molecule has 1 aliphatic heterocycles. The molecule has 2 aromatic heterocycles. The molecule has 6 heteroatoms. The maximum absolute atomic E-state index is 12.7. The first-order chi connectivity index (χ1) is 13.8. The number of aromatic nitrogens is 2. The van der Waals surface area contributed by atoms with Gasteiger partial charge in [-0.1, -0.05) is 24.3 Å². The number of rotatable bonds is 3. The first-order valence-corrected chi connectivity index (χ1v) is 10.3. The molecule has 2 aromatic carbocycles. The minimum atomic E-state index is -0.00642. The van der Waals surface area contributed by atoms with Gasteiger partial charge in [-0.2, -0.15) is 0 Å². The highest BCUT2D eigenvalue weighted by Gasteiger charge is 2.26. The second-order valence-corrected chi connectivity index (χ2v) is 8.06. The van der Waals surface area contributed by atoms with E-state index in [0.29, 0.717) is 18.4 Å². The molecule has 0 bridgehead atoms. The summed E-state index contributed by atoms with van der Waals surface area (Å²) in [5.74, 6) is 0.746. The van der Waals surface area contributed by atoms with Crippen molar-refractivity contribution in [3.63, 3.8) is 0 Å². The summed E-state index contributed by atoms with van der Waals surface area (Å²) in [5, 5.41) is 1.13. The molecular weight excluding hydrogens is 370 g/mol. The van der Waals surface area contributed by atoms with Crippen molar-refractivity contribution in [3.05, 3.63) is 65.5 Å². The van der Waals surface area contributed by atoms with Crippen molar-refractivity contribution in [2.24, 2.45) is 0 Å². The number of hydrogen-bond acceptors (Lipinski definition) is 5. The third-order valence-electron chi connectivity index (χ3n) is 5.07. The number of carbonyl (C=O) groups is 1. The van der Waals surface area contributed by atoms with E-state index in [0.717, 1.165) is 41.0 Å². The summed E-state index contributed by atoms with van der Waals surface area (Å²) in [6, 6.07) is 15.8. The molecule has 0 N–H and O–H groups in total. The van der Waals surface area contributed by atoms with Crippen LogP contribution >= 0.6 is 11.3 Å². The van der Waals surface area contributed by atoms with Gasteiger partial charge in [0.15, 0.2) is 5.58 Å². The van der Waals surface area contributed by atoms with Crippen LogP contribution in [0.3, 0.4) is 0 Å². The minimum Gasteiger partial charge on any atom is -0.437 e. The molecule has 140 valence electrons. The van der Waals surface area contributed by atoms with Crippen LogP contribution in [0.5, 0.6) is 0 Å². The third-order valence-corrected chi connectivity index (χ3v) is 6.27. The number of hydrogen-bond donors (Lipinski definition) is 0. The molecule has 0 radical (unpaired) electrons. The molecule has 4 aromatic rings. The average molecular weight is 389 g/mol. The Bertz CT molecular complexity index is 1110. The largest absolute Gasteiger partial charge is 0.437 e. The Morgan fingerprint density at radius 2 is 1.93 bits per heavy atom. The Kier molecular flexibility index (Phi) is 4.41. The van der Waals surface area contributed by atoms with Gasteiger partial charge in [0, 0.05) is 31.2 Å². The van der Waals surface area contributed by atoms with E-state index in [9.17, 15) is 4.79 Å². The number of nitrogens with zero attached hydrogens (tertiary/aromatic N) is 3. The van der Waals surface area contributed by atoms with Crippen LogP contribution in [0.4, 0.5) is 0 Å². The Labute approximate surface area is 166 Å². The van der Waals surface area contributed by atoms with Gasteiger partial charge in [0.2, 0.25) is 11.8 Å². The fourth-order valence-electron chi connectivity index (χ4n) is 3.65. The summed E-state index contributed by atoms with van der Waals surface area (Å²) < 4.78 is 6.86. The van der Waals surface area contributed by atoms with Crippen LogP contribution in [-0.2, 0) is 4.79 Å². The summed E-state index contributed by atoms with van der Waals surface area (Å²) >= 11 is 1.74. The topological polar surface area (TPSA) is 59.2 Å². The Morgan fingerprint density at radius 1 is 1.11 bits per heavy atom. The quantitative estimate of drug-likeness (QED) is 0.470. The van der Waals surface area contributed by atoms with Gasteiger partial charge in [0.25, 0.3) is 0 Å². The highest BCUT2D eigenvalue weighted by Crippen LogP contribution is 2.33. The number of amides is 1. The van der Waals surface area contributed by atoms with Crippen molar-refractivity contribution < 1.29 is 9.21 Å². The minimum absolute atomic E-state index is 0.00642. The molecule has 1 amide bonds. The van der Waals surface area contributed by atoms with Crippen LogP contribution in [0.25, 0.3) is 27.4 Å². The first kappa shape index (κ1) is 17.1. The molecule has 1 aliphatic rings. The van der Waals surface area contributed by atoms with E-state index < -0.39 is 0 Å². The summed E-state index contributed by atoms with van der Waals surface area (Å²) in [5.41, 5.74) is 2.56. The monoisotopic (exact) mass is 389 g/mol. The molecule has 1 atom stereocenters. The van der Waals surface area contributed by atoms with Crippen LogP contribution in [0.2, 0.25) is 0 Å². The van der Waals surface area contributed by atoms with E-state index in [4.69, 9.17) is 9.40 Å². The van der Waals surface area contributed by atoms with E-state index in [1.54, 1.807) is 23.5 Å². The second kappa shape index (κ2) is 7.20. The van der Waals surface area contributed by atoms with Crippen molar-refractivity contribution in [1.82, 2.24) is 14.9 Å². The molecular formula is C22H19N3O2S. The van der Waals surface area contributed by atoms with Crippen LogP contribution in [0, 0.1) is 0 Å². The van der Waals surface area contributed by atoms with Crippen LogP contribution in [-0.4, -0.2) is 33.9 Å². The van der Waals surface area contributed by atoms with Crippen LogP contribution < -0.4 is 0 Å². The molecule has 1 fully saturated rings. The van der Waals surface area contributed by atoms with Crippen molar-refractivity contribution in [3.8, 4) is 0 Å². The number of benzene rings is 2. The molecule has 0 spiro atoms. The predicted molar refractivity (Wildman–Crippen MR) is 111 cm³/mol. The highest BCUT2D eigenvalue weighted by molar-refractivity contribution is 7.18. The van der Waals surface area contributed by atoms with E-state index in [2.05, 4.69) is 11.1 Å². The van der Waals surface area contributed by atoms with E-state index in [-0.39, 0.29) is 5.91 Å². The number of likely N-dealkylation sites (tertiary alicyclic amines) is 1. The Balaban J connectivity index is 1.30. The maximum Gasteiger partial charge on any atom is 0.246 e.